The number of hydrogen-bond acceptors (Lipinski definition) is 2. The molecule has 0 saturated carbocycles. The van der Waals surface area contributed by atoms with Gasteiger partial charge in [0.15, 0.2) is 0 Å². The third-order valence-corrected chi connectivity index (χ3v) is 3.12. The van der Waals surface area contributed by atoms with Crippen LogP contribution in [0.15, 0.2) is 58.0 Å². The highest BCUT2D eigenvalue weighted by Gasteiger charge is 1.97. The maximum Gasteiger partial charge on any atom is 0.0743 e. The van der Waals surface area contributed by atoms with E-state index in [1.807, 2.05) is 12.1 Å². The van der Waals surface area contributed by atoms with Crippen molar-refractivity contribution in [3.63, 3.8) is 0 Å². The van der Waals surface area contributed by atoms with E-state index >= 15 is 0 Å². The lowest BCUT2D eigenvalue weighted by Gasteiger charge is -2.03. The van der Waals surface area contributed by atoms with Gasteiger partial charge in [-0.15, -0.1) is 0 Å². The molecule has 0 radical (unpaired) electrons. The van der Waals surface area contributed by atoms with Gasteiger partial charge < -0.3 is 0 Å². The number of benzene rings is 2. The van der Waals surface area contributed by atoms with Gasteiger partial charge in [0.05, 0.1) is 11.7 Å². The molecule has 3 heteroatoms. The number of thiocarbonyl (C=S) groups is 1. The molecular weight excluding hydrogens is 294 g/mol. The van der Waals surface area contributed by atoms with Crippen LogP contribution in [0.25, 0.3) is 11.1 Å². The predicted molar refractivity (Wildman–Crippen MR) is 78.3 cm³/mol. The molecule has 0 aliphatic rings. The molecule has 0 spiro atoms. The zero-order valence-electron chi connectivity index (χ0n) is 9.06. The van der Waals surface area contributed by atoms with E-state index in [1.165, 1.54) is 11.1 Å². The molecule has 0 N–H and O–H groups in total. The van der Waals surface area contributed by atoms with E-state index < -0.39 is 0 Å². The van der Waals surface area contributed by atoms with E-state index in [0.29, 0.717) is 6.54 Å². The number of nitrogens with zero attached hydrogens (tertiary/aromatic N) is 1. The summed E-state index contributed by atoms with van der Waals surface area (Å²) in [5.74, 6) is 0. The van der Waals surface area contributed by atoms with Gasteiger partial charge in [0.25, 0.3) is 0 Å². The topological polar surface area (TPSA) is 12.4 Å². The first-order valence-corrected chi connectivity index (χ1v) is 6.38. The fraction of sp³-hybridized carbons (Fsp3) is 0.0714. The third kappa shape index (κ3) is 3.34. The Balaban J connectivity index is 2.22. The molecule has 1 nitrogen and oxygen atoms in total. The largest absolute Gasteiger partial charge is 0.228 e. The first-order valence-electron chi connectivity index (χ1n) is 5.18. The minimum atomic E-state index is 0.601. The van der Waals surface area contributed by atoms with Crippen molar-refractivity contribution in [3.05, 3.63) is 58.6 Å². The summed E-state index contributed by atoms with van der Waals surface area (Å²) >= 11 is 7.97. The van der Waals surface area contributed by atoms with Gasteiger partial charge in [-0.2, -0.15) is 0 Å². The number of rotatable bonds is 3. The van der Waals surface area contributed by atoms with Crippen LogP contribution in [0.3, 0.4) is 0 Å². The Hall–Kier alpha value is -1.28. The summed E-state index contributed by atoms with van der Waals surface area (Å²) in [6.45, 7) is 0.601. The lowest BCUT2D eigenvalue weighted by molar-refractivity contribution is 1.08. The second kappa shape index (κ2) is 5.87. The van der Waals surface area contributed by atoms with Crippen molar-refractivity contribution in [2.24, 2.45) is 4.99 Å². The third-order valence-electron chi connectivity index (χ3n) is 2.46. The van der Waals surface area contributed by atoms with E-state index in [0.717, 1.165) is 10.0 Å². The molecule has 0 aliphatic carbocycles. The fourth-order valence-corrected chi connectivity index (χ4v) is 1.90. The molecule has 0 bridgehead atoms. The smallest absolute Gasteiger partial charge is 0.0743 e. The molecule has 17 heavy (non-hydrogen) atoms. The highest BCUT2D eigenvalue weighted by molar-refractivity contribution is 9.10. The monoisotopic (exact) mass is 303 g/mol. The maximum absolute atomic E-state index is 4.54. The molecule has 84 valence electrons. The Kier molecular flexibility index (Phi) is 4.21. The van der Waals surface area contributed by atoms with Gasteiger partial charge in [-0.3, -0.25) is 0 Å². The van der Waals surface area contributed by atoms with Crippen LogP contribution in [0.5, 0.6) is 0 Å². The minimum Gasteiger partial charge on any atom is -0.228 e. The van der Waals surface area contributed by atoms with Crippen LogP contribution in [0.4, 0.5) is 0 Å². The maximum atomic E-state index is 4.54. The molecule has 0 heterocycles. The van der Waals surface area contributed by atoms with E-state index in [-0.39, 0.29) is 0 Å². The number of aliphatic imine (C=N–C) groups is 1. The van der Waals surface area contributed by atoms with Crippen LogP contribution in [-0.2, 0) is 6.54 Å². The highest BCUT2D eigenvalue weighted by Crippen LogP contribution is 2.22. The Morgan fingerprint density at radius 2 is 1.47 bits per heavy atom. The van der Waals surface area contributed by atoms with Gasteiger partial charge in [-0.1, -0.05) is 52.3 Å². The molecule has 0 fully saturated rings. The number of halogens is 1. The number of hydrogen-bond donors (Lipinski definition) is 0. The van der Waals surface area contributed by atoms with Crippen LogP contribution >= 0.6 is 28.1 Å². The van der Waals surface area contributed by atoms with Crippen molar-refractivity contribution >= 4 is 33.3 Å². The van der Waals surface area contributed by atoms with Gasteiger partial charge in [0.1, 0.15) is 0 Å². The van der Waals surface area contributed by atoms with Crippen LogP contribution in [-0.4, -0.2) is 5.16 Å². The molecule has 0 unspecified atom stereocenters. The average molecular weight is 304 g/mol. The quantitative estimate of drug-likeness (QED) is 0.590. The predicted octanol–water partition coefficient (Wildman–Crippen LogP) is 4.72. The molecule has 0 aromatic heterocycles. The molecule has 0 amide bonds. The average Bonchev–Trinajstić information content (AvgIpc) is 2.38. The van der Waals surface area contributed by atoms with E-state index in [2.05, 4.69) is 74.7 Å². The van der Waals surface area contributed by atoms with Gasteiger partial charge >= 0.3 is 0 Å². The summed E-state index contributed by atoms with van der Waals surface area (Å²) in [5.41, 5.74) is 3.55. The summed E-state index contributed by atoms with van der Waals surface area (Å²) in [6, 6.07) is 16.6. The van der Waals surface area contributed by atoms with Crippen molar-refractivity contribution in [1.82, 2.24) is 0 Å². The van der Waals surface area contributed by atoms with Gasteiger partial charge in [-0.05, 0) is 41.0 Å². The van der Waals surface area contributed by atoms with Gasteiger partial charge in [0, 0.05) is 4.47 Å². The molecule has 2 aromatic carbocycles. The molecule has 0 saturated heterocycles. The lowest BCUT2D eigenvalue weighted by Crippen LogP contribution is -1.82. The highest BCUT2D eigenvalue weighted by atomic mass is 79.9. The molecular formula is C14H10BrNS. The Labute approximate surface area is 114 Å². The Morgan fingerprint density at radius 3 is 2.00 bits per heavy atom. The second-order valence-electron chi connectivity index (χ2n) is 3.61. The molecule has 2 rings (SSSR count). The van der Waals surface area contributed by atoms with E-state index in [1.54, 1.807) is 0 Å². The molecule has 2 aromatic rings. The van der Waals surface area contributed by atoms with Crippen molar-refractivity contribution in [2.45, 2.75) is 6.54 Å². The van der Waals surface area contributed by atoms with Crippen LogP contribution in [0.2, 0.25) is 0 Å². The summed E-state index contributed by atoms with van der Waals surface area (Å²) in [6.07, 6.45) is 0. The summed E-state index contributed by atoms with van der Waals surface area (Å²) < 4.78 is 1.09. The minimum absolute atomic E-state index is 0.601. The SMILES string of the molecule is S=C=NCc1ccc(-c2ccc(Br)cc2)cc1. The van der Waals surface area contributed by atoms with Crippen molar-refractivity contribution in [2.75, 3.05) is 0 Å². The van der Waals surface area contributed by atoms with E-state index in [9.17, 15) is 0 Å². The van der Waals surface area contributed by atoms with Crippen LogP contribution in [0.1, 0.15) is 5.56 Å². The normalized spacial score (nSPS) is 9.71. The van der Waals surface area contributed by atoms with Crippen LogP contribution in [0, 0.1) is 0 Å². The fourth-order valence-electron chi connectivity index (χ4n) is 1.57. The molecule has 0 aliphatic heterocycles. The molecule has 0 atom stereocenters. The first kappa shape index (κ1) is 12.2. The van der Waals surface area contributed by atoms with E-state index in [4.69, 9.17) is 0 Å². The second-order valence-corrected chi connectivity index (χ2v) is 4.71. The standard InChI is InChI=1S/C14H10BrNS/c15-14-7-5-13(6-8-14)12-3-1-11(2-4-12)9-16-10-17/h1-8H,9H2. The van der Waals surface area contributed by atoms with Crippen molar-refractivity contribution in [3.8, 4) is 11.1 Å². The van der Waals surface area contributed by atoms with Crippen molar-refractivity contribution in [1.29, 1.82) is 0 Å². The van der Waals surface area contributed by atoms with Crippen molar-refractivity contribution < 1.29 is 0 Å². The zero-order valence-corrected chi connectivity index (χ0v) is 11.5. The van der Waals surface area contributed by atoms with Gasteiger partial charge in [-0.25, -0.2) is 4.99 Å². The first-order chi connectivity index (χ1) is 8.29. The zero-order chi connectivity index (χ0) is 12.1. The van der Waals surface area contributed by atoms with Gasteiger partial charge in [0.2, 0.25) is 0 Å². The number of isothiocyanates is 1. The Bertz CT molecular complexity index is 539. The van der Waals surface area contributed by atoms with Crippen LogP contribution < -0.4 is 0 Å². The lowest BCUT2D eigenvalue weighted by atomic mass is 10.0. The summed E-state index contributed by atoms with van der Waals surface area (Å²) in [7, 11) is 0. The Morgan fingerprint density at radius 1 is 0.941 bits per heavy atom. The summed E-state index contributed by atoms with van der Waals surface area (Å²) in [5, 5.41) is 2.37. The summed E-state index contributed by atoms with van der Waals surface area (Å²) in [4.78, 5) is 3.91.